The Bertz CT molecular complexity index is 460. The number of aromatic nitrogens is 4. The molecule has 2 rings (SSSR count). The highest BCUT2D eigenvalue weighted by Gasteiger charge is 1.97. The Morgan fingerprint density at radius 1 is 1.24 bits per heavy atom. The van der Waals surface area contributed by atoms with Crippen molar-refractivity contribution in [2.45, 2.75) is 19.9 Å². The standard InChI is InChI=1S/C12H17N5/c1-10-5-15-12(8-14-10)7-13-4-3-11-6-16-17(2)9-11/h5-6,8-9,13H,3-4,7H2,1-2H3. The Labute approximate surface area is 101 Å². The lowest BCUT2D eigenvalue weighted by atomic mass is 10.2. The Hall–Kier alpha value is -1.75. The summed E-state index contributed by atoms with van der Waals surface area (Å²) in [7, 11) is 1.93. The fourth-order valence-electron chi connectivity index (χ4n) is 1.56. The lowest BCUT2D eigenvalue weighted by Crippen LogP contribution is -2.17. The largest absolute Gasteiger partial charge is 0.311 e. The van der Waals surface area contributed by atoms with Gasteiger partial charge in [-0.2, -0.15) is 5.10 Å². The fourth-order valence-corrected chi connectivity index (χ4v) is 1.56. The van der Waals surface area contributed by atoms with Crippen LogP contribution in [0, 0.1) is 6.92 Å². The van der Waals surface area contributed by atoms with Crippen molar-refractivity contribution >= 4 is 0 Å². The van der Waals surface area contributed by atoms with Crippen molar-refractivity contribution in [1.29, 1.82) is 0 Å². The first-order valence-electron chi connectivity index (χ1n) is 5.70. The maximum Gasteiger partial charge on any atom is 0.0724 e. The van der Waals surface area contributed by atoms with E-state index in [4.69, 9.17) is 0 Å². The van der Waals surface area contributed by atoms with E-state index in [9.17, 15) is 0 Å². The molecule has 0 aliphatic rings. The second-order valence-corrected chi connectivity index (χ2v) is 4.10. The van der Waals surface area contributed by atoms with E-state index in [1.54, 1.807) is 6.20 Å². The number of nitrogens with one attached hydrogen (secondary N) is 1. The molecule has 0 atom stereocenters. The third kappa shape index (κ3) is 3.64. The SMILES string of the molecule is Cc1cnc(CNCCc2cnn(C)c2)cn1. The molecular formula is C12H17N5. The predicted octanol–water partition coefficient (Wildman–Crippen LogP) is 0.851. The second kappa shape index (κ2) is 5.54. The number of rotatable bonds is 5. The van der Waals surface area contributed by atoms with Gasteiger partial charge in [-0.25, -0.2) is 0 Å². The molecule has 0 unspecified atom stereocenters. The van der Waals surface area contributed by atoms with E-state index in [-0.39, 0.29) is 0 Å². The molecule has 90 valence electrons. The van der Waals surface area contributed by atoms with Crippen molar-refractivity contribution in [3.8, 4) is 0 Å². The first-order chi connectivity index (χ1) is 8.24. The molecule has 5 nitrogen and oxygen atoms in total. The van der Waals surface area contributed by atoms with E-state index in [0.29, 0.717) is 0 Å². The third-order valence-corrected chi connectivity index (χ3v) is 2.49. The maximum atomic E-state index is 4.29. The zero-order valence-corrected chi connectivity index (χ0v) is 10.2. The number of aryl methyl sites for hydroxylation is 2. The van der Waals surface area contributed by atoms with Gasteiger partial charge in [0, 0.05) is 32.2 Å². The van der Waals surface area contributed by atoms with Crippen LogP contribution in [-0.2, 0) is 20.0 Å². The molecule has 0 radical (unpaired) electrons. The topological polar surface area (TPSA) is 55.6 Å². The Balaban J connectivity index is 1.71. The highest BCUT2D eigenvalue weighted by atomic mass is 15.2. The molecule has 2 heterocycles. The number of hydrogen-bond donors (Lipinski definition) is 1. The van der Waals surface area contributed by atoms with E-state index in [1.165, 1.54) is 5.56 Å². The van der Waals surface area contributed by atoms with Gasteiger partial charge in [0.05, 0.1) is 17.6 Å². The molecule has 2 aromatic rings. The molecule has 17 heavy (non-hydrogen) atoms. The Morgan fingerprint density at radius 2 is 2.12 bits per heavy atom. The average Bonchev–Trinajstić information content (AvgIpc) is 2.73. The first kappa shape index (κ1) is 11.7. The zero-order chi connectivity index (χ0) is 12.1. The molecule has 0 aromatic carbocycles. The van der Waals surface area contributed by atoms with Gasteiger partial charge in [-0.3, -0.25) is 14.6 Å². The number of hydrogen-bond acceptors (Lipinski definition) is 4. The highest BCUT2D eigenvalue weighted by molar-refractivity contribution is 5.04. The van der Waals surface area contributed by atoms with E-state index in [0.717, 1.165) is 30.9 Å². The van der Waals surface area contributed by atoms with Crippen LogP contribution in [0.25, 0.3) is 0 Å². The zero-order valence-electron chi connectivity index (χ0n) is 10.2. The van der Waals surface area contributed by atoms with Crippen LogP contribution in [0.1, 0.15) is 17.0 Å². The van der Waals surface area contributed by atoms with Gasteiger partial charge in [0.15, 0.2) is 0 Å². The van der Waals surface area contributed by atoms with Gasteiger partial charge in [-0.1, -0.05) is 0 Å². The lowest BCUT2D eigenvalue weighted by molar-refractivity contribution is 0.671. The minimum absolute atomic E-state index is 0.757. The van der Waals surface area contributed by atoms with Crippen LogP contribution in [0.5, 0.6) is 0 Å². The van der Waals surface area contributed by atoms with Crippen molar-refractivity contribution in [3.05, 3.63) is 41.7 Å². The summed E-state index contributed by atoms with van der Waals surface area (Å²) in [4.78, 5) is 8.49. The number of nitrogens with zero attached hydrogens (tertiary/aromatic N) is 4. The van der Waals surface area contributed by atoms with Crippen molar-refractivity contribution in [2.75, 3.05) is 6.54 Å². The van der Waals surface area contributed by atoms with Crippen molar-refractivity contribution in [2.24, 2.45) is 7.05 Å². The van der Waals surface area contributed by atoms with Crippen molar-refractivity contribution in [3.63, 3.8) is 0 Å². The molecular weight excluding hydrogens is 214 g/mol. The molecule has 1 N–H and O–H groups in total. The molecule has 0 spiro atoms. The van der Waals surface area contributed by atoms with Crippen LogP contribution in [-0.4, -0.2) is 26.3 Å². The van der Waals surface area contributed by atoms with Crippen LogP contribution >= 0.6 is 0 Å². The smallest absolute Gasteiger partial charge is 0.0724 e. The molecule has 0 aliphatic carbocycles. The molecule has 5 heteroatoms. The molecule has 2 aromatic heterocycles. The first-order valence-corrected chi connectivity index (χ1v) is 5.70. The van der Waals surface area contributed by atoms with Crippen molar-refractivity contribution in [1.82, 2.24) is 25.1 Å². The summed E-state index contributed by atoms with van der Waals surface area (Å²) in [6.07, 6.45) is 8.51. The molecule has 0 amide bonds. The van der Waals surface area contributed by atoms with Gasteiger partial charge in [-0.15, -0.1) is 0 Å². The minimum atomic E-state index is 0.757. The van der Waals surface area contributed by atoms with Crippen LogP contribution < -0.4 is 5.32 Å². The summed E-state index contributed by atoms with van der Waals surface area (Å²) in [6, 6.07) is 0. The van der Waals surface area contributed by atoms with E-state index < -0.39 is 0 Å². The van der Waals surface area contributed by atoms with E-state index >= 15 is 0 Å². The lowest BCUT2D eigenvalue weighted by Gasteiger charge is -2.03. The van der Waals surface area contributed by atoms with Gasteiger partial charge < -0.3 is 5.32 Å². The summed E-state index contributed by atoms with van der Waals surface area (Å²) in [5, 5.41) is 7.47. The second-order valence-electron chi connectivity index (χ2n) is 4.10. The highest BCUT2D eigenvalue weighted by Crippen LogP contribution is 1.97. The normalized spacial score (nSPS) is 10.7. The van der Waals surface area contributed by atoms with Crippen LogP contribution in [0.3, 0.4) is 0 Å². The summed E-state index contributed by atoms with van der Waals surface area (Å²) in [6.45, 7) is 3.61. The quantitative estimate of drug-likeness (QED) is 0.775. The van der Waals surface area contributed by atoms with E-state index in [1.807, 2.05) is 37.2 Å². The predicted molar refractivity (Wildman–Crippen MR) is 65.4 cm³/mol. The van der Waals surface area contributed by atoms with Crippen LogP contribution in [0.15, 0.2) is 24.8 Å². The third-order valence-electron chi connectivity index (χ3n) is 2.49. The van der Waals surface area contributed by atoms with Crippen molar-refractivity contribution < 1.29 is 0 Å². The Morgan fingerprint density at radius 3 is 2.76 bits per heavy atom. The molecule has 0 aliphatic heterocycles. The minimum Gasteiger partial charge on any atom is -0.311 e. The summed E-state index contributed by atoms with van der Waals surface area (Å²) in [5.74, 6) is 0. The van der Waals surface area contributed by atoms with E-state index in [2.05, 4.69) is 20.4 Å². The molecule has 0 bridgehead atoms. The van der Waals surface area contributed by atoms with Crippen LogP contribution in [0.4, 0.5) is 0 Å². The monoisotopic (exact) mass is 231 g/mol. The summed E-state index contributed by atoms with van der Waals surface area (Å²) >= 11 is 0. The summed E-state index contributed by atoms with van der Waals surface area (Å²) < 4.78 is 1.82. The molecule has 0 saturated heterocycles. The Kier molecular flexibility index (Phi) is 3.82. The summed E-state index contributed by atoms with van der Waals surface area (Å²) in [5.41, 5.74) is 3.17. The average molecular weight is 231 g/mol. The fraction of sp³-hybridized carbons (Fsp3) is 0.417. The van der Waals surface area contributed by atoms with Crippen LogP contribution in [0.2, 0.25) is 0 Å². The van der Waals surface area contributed by atoms with Gasteiger partial charge in [-0.05, 0) is 25.5 Å². The molecule has 0 saturated carbocycles. The van der Waals surface area contributed by atoms with Gasteiger partial charge in [0.2, 0.25) is 0 Å². The van der Waals surface area contributed by atoms with Gasteiger partial charge >= 0.3 is 0 Å². The van der Waals surface area contributed by atoms with Gasteiger partial charge in [0.1, 0.15) is 0 Å². The maximum absolute atomic E-state index is 4.29. The van der Waals surface area contributed by atoms with Gasteiger partial charge in [0.25, 0.3) is 0 Å². The molecule has 0 fully saturated rings.